The highest BCUT2D eigenvalue weighted by Crippen LogP contribution is 2.37. The smallest absolute Gasteiger partial charge is 0.231 e. The zero-order valence-corrected chi connectivity index (χ0v) is 12.5. The fraction of sp³-hybridized carbons (Fsp3) is 0.200. The lowest BCUT2D eigenvalue weighted by molar-refractivity contribution is 0.174. The van der Waals surface area contributed by atoms with Crippen molar-refractivity contribution in [1.82, 2.24) is 0 Å². The zero-order chi connectivity index (χ0) is 14.1. The van der Waals surface area contributed by atoms with Crippen molar-refractivity contribution in [2.24, 2.45) is 5.73 Å². The summed E-state index contributed by atoms with van der Waals surface area (Å²) >= 11 is 3.51. The maximum absolute atomic E-state index is 5.88. The van der Waals surface area contributed by atoms with Crippen LogP contribution in [-0.2, 0) is 0 Å². The molecule has 0 aliphatic carbocycles. The minimum absolute atomic E-state index is 0.0241. The molecule has 2 aromatic rings. The van der Waals surface area contributed by atoms with Gasteiger partial charge in [0, 0.05) is 16.6 Å². The lowest BCUT2D eigenvalue weighted by Crippen LogP contribution is -2.05. The van der Waals surface area contributed by atoms with Crippen molar-refractivity contribution >= 4 is 15.9 Å². The van der Waals surface area contributed by atoms with Gasteiger partial charge in [0.25, 0.3) is 0 Å². The Morgan fingerprint density at radius 1 is 1.10 bits per heavy atom. The van der Waals surface area contributed by atoms with E-state index in [0.29, 0.717) is 11.5 Å². The van der Waals surface area contributed by atoms with Gasteiger partial charge in [-0.2, -0.15) is 0 Å². The normalized spacial score (nSPS) is 14.2. The van der Waals surface area contributed by atoms with Crippen molar-refractivity contribution in [3.63, 3.8) is 0 Å². The molecule has 104 valence electrons. The molecule has 0 amide bonds. The highest BCUT2D eigenvalue weighted by atomic mass is 79.9. The lowest BCUT2D eigenvalue weighted by Gasteiger charge is -2.11. The van der Waals surface area contributed by atoms with E-state index in [4.69, 9.17) is 19.9 Å². The number of rotatable bonds is 3. The van der Waals surface area contributed by atoms with Gasteiger partial charge in [0.15, 0.2) is 11.5 Å². The molecule has 5 heteroatoms. The van der Waals surface area contributed by atoms with Gasteiger partial charge in [0.2, 0.25) is 6.79 Å². The molecule has 3 rings (SSSR count). The summed E-state index contributed by atoms with van der Waals surface area (Å²) in [5, 5.41) is 0. The summed E-state index contributed by atoms with van der Waals surface area (Å²) in [6.45, 7) is 2.20. The molecule has 2 N–H and O–H groups in total. The Morgan fingerprint density at radius 2 is 1.80 bits per heavy atom. The molecule has 0 bridgehead atoms. The van der Waals surface area contributed by atoms with E-state index < -0.39 is 0 Å². The van der Waals surface area contributed by atoms with Crippen molar-refractivity contribution in [1.29, 1.82) is 0 Å². The minimum Gasteiger partial charge on any atom is -0.457 e. The fourth-order valence-corrected chi connectivity index (χ4v) is 2.74. The number of nitrogens with two attached hydrogens (primary N) is 1. The Bertz CT molecular complexity index is 643. The van der Waals surface area contributed by atoms with Gasteiger partial charge in [-0.1, -0.05) is 22.0 Å². The topological polar surface area (TPSA) is 53.7 Å². The largest absolute Gasteiger partial charge is 0.457 e. The second-order valence-corrected chi connectivity index (χ2v) is 5.44. The molecule has 0 saturated carbocycles. The van der Waals surface area contributed by atoms with E-state index in [9.17, 15) is 0 Å². The second kappa shape index (κ2) is 5.34. The number of ether oxygens (including phenoxy) is 3. The molecule has 0 aromatic heterocycles. The van der Waals surface area contributed by atoms with Crippen LogP contribution < -0.4 is 19.9 Å². The van der Waals surface area contributed by atoms with E-state index in [2.05, 4.69) is 15.9 Å². The van der Waals surface area contributed by atoms with Crippen LogP contribution in [0.1, 0.15) is 18.5 Å². The van der Waals surface area contributed by atoms with Gasteiger partial charge < -0.3 is 19.9 Å². The lowest BCUT2D eigenvalue weighted by atomic mass is 10.1. The quantitative estimate of drug-likeness (QED) is 0.921. The predicted octanol–water partition coefficient (Wildman–Crippen LogP) is 3.99. The van der Waals surface area contributed by atoms with Crippen LogP contribution in [0.4, 0.5) is 0 Å². The Labute approximate surface area is 125 Å². The third-order valence-electron chi connectivity index (χ3n) is 3.04. The average Bonchev–Trinajstić information content (AvgIpc) is 2.85. The molecule has 1 aliphatic heterocycles. The Morgan fingerprint density at radius 3 is 2.55 bits per heavy atom. The van der Waals surface area contributed by atoms with Crippen LogP contribution in [0.2, 0.25) is 0 Å². The van der Waals surface area contributed by atoms with E-state index >= 15 is 0 Å². The molecule has 20 heavy (non-hydrogen) atoms. The molecule has 1 heterocycles. The summed E-state index contributed by atoms with van der Waals surface area (Å²) in [4.78, 5) is 0. The molecule has 0 saturated heterocycles. The van der Waals surface area contributed by atoms with Crippen molar-refractivity contribution in [3.8, 4) is 23.0 Å². The number of hydrogen-bond acceptors (Lipinski definition) is 4. The van der Waals surface area contributed by atoms with Gasteiger partial charge in [-0.3, -0.25) is 0 Å². The van der Waals surface area contributed by atoms with Gasteiger partial charge in [-0.25, -0.2) is 0 Å². The summed E-state index contributed by atoms with van der Waals surface area (Å²) in [5.74, 6) is 2.88. The van der Waals surface area contributed by atoms with E-state index in [0.717, 1.165) is 21.5 Å². The first kappa shape index (κ1) is 13.3. The number of fused-ring (bicyclic) bond motifs is 1. The van der Waals surface area contributed by atoms with Crippen LogP contribution in [0.15, 0.2) is 40.9 Å². The van der Waals surface area contributed by atoms with Crippen LogP contribution in [-0.4, -0.2) is 6.79 Å². The van der Waals surface area contributed by atoms with Crippen LogP contribution in [0, 0.1) is 0 Å². The van der Waals surface area contributed by atoms with Crippen LogP contribution in [0.5, 0.6) is 23.0 Å². The summed E-state index contributed by atoms with van der Waals surface area (Å²) in [6, 6.07) is 11.2. The van der Waals surface area contributed by atoms with Gasteiger partial charge in [0.1, 0.15) is 11.5 Å². The first-order valence-electron chi connectivity index (χ1n) is 6.26. The SMILES string of the molecule is C[C@H](N)c1ccc(Oc2ccc3c(c2)OCO3)cc1Br. The van der Waals surface area contributed by atoms with Crippen LogP contribution >= 0.6 is 15.9 Å². The van der Waals surface area contributed by atoms with Crippen molar-refractivity contribution < 1.29 is 14.2 Å². The molecule has 1 atom stereocenters. The van der Waals surface area contributed by atoms with E-state index in [1.54, 1.807) is 0 Å². The standard InChI is InChI=1S/C15H14BrNO3/c1-9(17)12-4-2-10(6-13(12)16)20-11-3-5-14-15(7-11)19-8-18-14/h2-7,9H,8,17H2,1H3/t9-/m0/s1. The molecule has 0 radical (unpaired) electrons. The molecule has 0 unspecified atom stereocenters. The van der Waals surface area contributed by atoms with Crippen LogP contribution in [0.25, 0.3) is 0 Å². The number of halogens is 1. The highest BCUT2D eigenvalue weighted by Gasteiger charge is 2.14. The van der Waals surface area contributed by atoms with E-state index in [1.807, 2.05) is 43.3 Å². The van der Waals surface area contributed by atoms with E-state index in [1.165, 1.54) is 0 Å². The minimum atomic E-state index is -0.0241. The van der Waals surface area contributed by atoms with Crippen LogP contribution in [0.3, 0.4) is 0 Å². The third kappa shape index (κ3) is 2.59. The first-order chi connectivity index (χ1) is 9.63. The van der Waals surface area contributed by atoms with Crippen molar-refractivity contribution in [3.05, 3.63) is 46.4 Å². The van der Waals surface area contributed by atoms with Gasteiger partial charge in [-0.05, 0) is 36.8 Å². The maximum Gasteiger partial charge on any atom is 0.231 e. The third-order valence-corrected chi connectivity index (χ3v) is 3.73. The molecule has 2 aromatic carbocycles. The predicted molar refractivity (Wildman–Crippen MR) is 79.4 cm³/mol. The molecular weight excluding hydrogens is 322 g/mol. The van der Waals surface area contributed by atoms with Gasteiger partial charge in [0.05, 0.1) is 0 Å². The Kier molecular flexibility index (Phi) is 3.54. The maximum atomic E-state index is 5.88. The van der Waals surface area contributed by atoms with Gasteiger partial charge in [-0.15, -0.1) is 0 Å². The van der Waals surface area contributed by atoms with Crippen molar-refractivity contribution in [2.45, 2.75) is 13.0 Å². The molecule has 0 spiro atoms. The monoisotopic (exact) mass is 335 g/mol. The number of hydrogen-bond donors (Lipinski definition) is 1. The summed E-state index contributed by atoms with van der Waals surface area (Å²) < 4.78 is 17.3. The molecule has 0 fully saturated rings. The average molecular weight is 336 g/mol. The number of benzene rings is 2. The zero-order valence-electron chi connectivity index (χ0n) is 10.9. The highest BCUT2D eigenvalue weighted by molar-refractivity contribution is 9.10. The van der Waals surface area contributed by atoms with Crippen molar-refractivity contribution in [2.75, 3.05) is 6.79 Å². The van der Waals surface area contributed by atoms with Gasteiger partial charge >= 0.3 is 0 Å². The summed E-state index contributed by atoms with van der Waals surface area (Å²) in [5.41, 5.74) is 6.92. The first-order valence-corrected chi connectivity index (χ1v) is 7.05. The fourth-order valence-electron chi connectivity index (χ4n) is 2.02. The van der Waals surface area contributed by atoms with E-state index in [-0.39, 0.29) is 12.8 Å². The molecule has 1 aliphatic rings. The molecular formula is C15H14BrNO3. The Balaban J connectivity index is 1.83. The summed E-state index contributed by atoms with van der Waals surface area (Å²) in [6.07, 6.45) is 0. The summed E-state index contributed by atoms with van der Waals surface area (Å²) in [7, 11) is 0. The second-order valence-electron chi connectivity index (χ2n) is 4.59. The molecule has 4 nitrogen and oxygen atoms in total. The Hall–Kier alpha value is -1.72.